The highest BCUT2D eigenvalue weighted by atomic mass is 35.5. The number of rotatable bonds is 21. The normalized spacial score (nSPS) is 12.9. The van der Waals surface area contributed by atoms with Gasteiger partial charge in [0.1, 0.15) is 37.4 Å². The van der Waals surface area contributed by atoms with E-state index in [9.17, 15) is 33.9 Å². The van der Waals surface area contributed by atoms with E-state index in [2.05, 4.69) is 20.5 Å². The third-order valence-electron chi connectivity index (χ3n) is 14.1. The number of nitrogens with zero attached hydrogens (tertiary/aromatic N) is 4. The van der Waals surface area contributed by atoms with E-state index in [-0.39, 0.29) is 36.6 Å². The number of nitrogens with one attached hydrogen (secondary N) is 3. The minimum absolute atomic E-state index is 0.0432. The molecule has 1 aliphatic carbocycles. The first-order valence-electron chi connectivity index (χ1n) is 25.7. The zero-order chi connectivity index (χ0) is 54.5. The Bertz CT molecular complexity index is 3710. The molecule has 0 saturated carbocycles. The van der Waals surface area contributed by atoms with Gasteiger partial charge in [-0.05, 0) is 86.6 Å². The highest BCUT2D eigenvalue weighted by molar-refractivity contribution is 6.50. The molecule has 4 amide bonds. The first-order valence-corrected chi connectivity index (χ1v) is 26.3. The van der Waals surface area contributed by atoms with Gasteiger partial charge in [0, 0.05) is 119 Å². The summed E-state index contributed by atoms with van der Waals surface area (Å²) in [6, 6.07) is 30.9. The highest BCUT2D eigenvalue weighted by Crippen LogP contribution is 2.43. The molecule has 77 heavy (non-hydrogen) atoms. The van der Waals surface area contributed by atoms with Crippen LogP contribution < -0.4 is 30.8 Å². The second-order valence-corrected chi connectivity index (χ2v) is 20.0. The third kappa shape index (κ3) is 11.2. The standard InChI is InChI=1S/C60H60ClN7O9/c1-65(2)37-22-25-42-50(31-37)77-51-32-38(66(3)4)23-26-43(51)53(42)41-24-21-36(30-44(41)59(73)74)56(70)62-27-13-12-18-47(63-52(69)33-61)60(75)76-29-15-7-6-14-28-68-35-46(40-17-9-11-20-49(40)68)55-54(57(71)64-58(55)72)45-34-67(5)48-19-10-8-16-39(45)48/h8-11,16-17,19-26,30-32,34-35,47H,6-7,12-15,18,27-29,33H2,1-5H3,(H3-,62,63,64,69,70,71,72,73,74)/p+1. The summed E-state index contributed by atoms with van der Waals surface area (Å²) in [5, 5.41) is 22.0. The van der Waals surface area contributed by atoms with E-state index < -0.39 is 41.6 Å². The Balaban J connectivity index is 0.778. The smallest absolute Gasteiger partial charge is 0.336 e. The van der Waals surface area contributed by atoms with Gasteiger partial charge in [0.05, 0.1) is 29.4 Å². The van der Waals surface area contributed by atoms with E-state index in [0.717, 1.165) is 63.1 Å². The molecule has 6 aromatic rings. The Labute approximate surface area is 449 Å². The fourth-order valence-corrected chi connectivity index (χ4v) is 10.3. The Morgan fingerprint density at radius 3 is 2.17 bits per heavy atom. The molecule has 9 rings (SSSR count). The quantitative estimate of drug-likeness (QED) is 0.0135. The van der Waals surface area contributed by atoms with Crippen LogP contribution in [0.15, 0.2) is 120 Å². The summed E-state index contributed by atoms with van der Waals surface area (Å²) < 4.78 is 18.1. The van der Waals surface area contributed by atoms with Crippen molar-refractivity contribution >= 4 is 96.8 Å². The molecule has 0 saturated heterocycles. The zero-order valence-corrected chi connectivity index (χ0v) is 44.5. The molecule has 3 aliphatic rings. The average Bonchev–Trinajstić information content (AvgIpc) is 4.11. The molecule has 0 fully saturated rings. The Hall–Kier alpha value is -8.50. The summed E-state index contributed by atoms with van der Waals surface area (Å²) in [5.74, 6) is -3.33. The van der Waals surface area contributed by atoms with Gasteiger partial charge >= 0.3 is 11.9 Å². The van der Waals surface area contributed by atoms with E-state index in [1.807, 2.05) is 147 Å². The predicted octanol–water partition coefficient (Wildman–Crippen LogP) is 8.44. The van der Waals surface area contributed by atoms with Gasteiger partial charge in [0.15, 0.2) is 0 Å². The maximum Gasteiger partial charge on any atom is 0.336 e. The molecular weight excluding hydrogens is 998 g/mol. The van der Waals surface area contributed by atoms with E-state index >= 15 is 0 Å². The van der Waals surface area contributed by atoms with Crippen LogP contribution in [0.3, 0.4) is 0 Å². The van der Waals surface area contributed by atoms with Crippen LogP contribution in [0.4, 0.5) is 5.69 Å². The SMILES string of the molecule is CN(C)c1ccc2c(-c3ccc(C(=O)NCCCCC(NC(=O)CCl)C(=O)OCCCCCCn4cc(C5=C(c6cn(C)c7ccccc67)C(=O)NC5=O)c5ccccc54)cc3C(=O)O)c3ccc(=[N+](C)C)cc-3oc2c1. The number of anilines is 1. The number of aromatic carboxylic acids is 1. The van der Waals surface area contributed by atoms with E-state index in [1.54, 1.807) is 12.1 Å². The van der Waals surface area contributed by atoms with Crippen LogP contribution >= 0.6 is 11.6 Å². The van der Waals surface area contributed by atoms with Crippen LogP contribution in [-0.2, 0) is 37.5 Å². The van der Waals surface area contributed by atoms with Crippen molar-refractivity contribution in [2.45, 2.75) is 57.5 Å². The van der Waals surface area contributed by atoms with Crippen LogP contribution in [0.25, 0.3) is 66.4 Å². The van der Waals surface area contributed by atoms with Gasteiger partial charge in [-0.1, -0.05) is 48.9 Å². The second-order valence-electron chi connectivity index (χ2n) is 19.7. The number of carbonyl (C=O) groups excluding carboxylic acids is 5. The number of carboxylic acids is 1. The Morgan fingerprint density at radius 2 is 1.45 bits per heavy atom. The number of unbranched alkanes of at least 4 members (excludes halogenated alkanes) is 4. The van der Waals surface area contributed by atoms with Crippen LogP contribution in [0.1, 0.15) is 76.8 Å². The molecule has 1 atom stereocenters. The summed E-state index contributed by atoms with van der Waals surface area (Å²) in [4.78, 5) is 80.8. The number of aryl methyl sites for hydroxylation is 2. The van der Waals surface area contributed by atoms with Crippen molar-refractivity contribution in [2.24, 2.45) is 7.05 Å². The maximum atomic E-state index is 13.5. The van der Waals surface area contributed by atoms with Gasteiger partial charge in [-0.2, -0.15) is 0 Å². The van der Waals surface area contributed by atoms with Gasteiger partial charge < -0.3 is 38.9 Å². The molecule has 4 heterocycles. The molecule has 0 radical (unpaired) electrons. The number of aromatic nitrogens is 2. The Morgan fingerprint density at radius 1 is 0.766 bits per heavy atom. The van der Waals surface area contributed by atoms with Crippen LogP contribution in [0, 0.1) is 0 Å². The number of esters is 1. The molecule has 17 heteroatoms. The van der Waals surface area contributed by atoms with Crippen LogP contribution in [0.5, 0.6) is 0 Å². The fourth-order valence-electron chi connectivity index (χ4n) is 10.2. The van der Waals surface area contributed by atoms with Gasteiger partial charge in [-0.25, -0.2) is 14.2 Å². The second kappa shape index (κ2) is 23.2. The summed E-state index contributed by atoms with van der Waals surface area (Å²) in [7, 11) is 9.64. The number of hydrogen-bond donors (Lipinski definition) is 4. The van der Waals surface area contributed by atoms with Crippen molar-refractivity contribution < 1.29 is 43.0 Å². The molecule has 2 aromatic heterocycles. The molecule has 0 spiro atoms. The van der Waals surface area contributed by atoms with Gasteiger partial charge in [0.2, 0.25) is 11.3 Å². The van der Waals surface area contributed by atoms with E-state index in [0.29, 0.717) is 70.6 Å². The number of halogens is 1. The molecule has 4 N–H and O–H groups in total. The first kappa shape index (κ1) is 53.3. The molecule has 0 bridgehead atoms. The number of imide groups is 1. The molecule has 2 aliphatic heterocycles. The predicted molar refractivity (Wildman–Crippen MR) is 300 cm³/mol. The lowest BCUT2D eigenvalue weighted by molar-refractivity contribution is -0.148. The number of benzene rings is 5. The first-order chi connectivity index (χ1) is 37.1. The number of carbonyl (C=O) groups is 6. The maximum absolute atomic E-state index is 13.5. The van der Waals surface area contributed by atoms with Crippen molar-refractivity contribution in [3.63, 3.8) is 0 Å². The fraction of sp³-hybridized carbons (Fsp3) is 0.283. The van der Waals surface area contributed by atoms with Crippen molar-refractivity contribution in [2.75, 3.05) is 52.1 Å². The lowest BCUT2D eigenvalue weighted by Gasteiger charge is -2.19. The number of amides is 4. The summed E-state index contributed by atoms with van der Waals surface area (Å²) in [5.41, 5.74) is 7.47. The van der Waals surface area contributed by atoms with Crippen molar-refractivity contribution in [1.29, 1.82) is 0 Å². The molecule has 396 valence electrons. The van der Waals surface area contributed by atoms with Crippen molar-refractivity contribution in [3.05, 3.63) is 143 Å². The summed E-state index contributed by atoms with van der Waals surface area (Å²) in [6.07, 6.45) is 8.01. The number of para-hydroxylation sites is 2. The number of ether oxygens (including phenoxy) is 1. The Kier molecular flexibility index (Phi) is 16.0. The summed E-state index contributed by atoms with van der Waals surface area (Å²) in [6.45, 7) is 1.04. The van der Waals surface area contributed by atoms with E-state index in [1.165, 1.54) is 6.07 Å². The molecule has 16 nitrogen and oxygen atoms in total. The largest absolute Gasteiger partial charge is 0.478 e. The third-order valence-corrected chi connectivity index (χ3v) is 14.4. The zero-order valence-electron chi connectivity index (χ0n) is 43.7. The van der Waals surface area contributed by atoms with Gasteiger partial charge in [-0.15, -0.1) is 11.6 Å². The average molecular weight is 1060 g/mol. The highest BCUT2D eigenvalue weighted by Gasteiger charge is 2.35. The monoisotopic (exact) mass is 1060 g/mol. The van der Waals surface area contributed by atoms with E-state index in [4.69, 9.17) is 20.8 Å². The number of alkyl halides is 1. The molecule has 4 aromatic carbocycles. The topological polar surface area (TPSA) is 197 Å². The van der Waals surface area contributed by atoms with Crippen molar-refractivity contribution in [1.82, 2.24) is 29.7 Å². The minimum atomic E-state index is -1.19. The lowest BCUT2D eigenvalue weighted by atomic mass is 9.89. The molecule has 1 unspecified atom stereocenters. The molecular formula is C60H61ClN7O9+. The number of hydrogen-bond acceptors (Lipinski definition) is 9. The van der Waals surface area contributed by atoms with Gasteiger partial charge in [0.25, 0.3) is 17.7 Å². The van der Waals surface area contributed by atoms with Crippen LogP contribution in [0.2, 0.25) is 0 Å². The lowest BCUT2D eigenvalue weighted by Crippen LogP contribution is -2.42. The summed E-state index contributed by atoms with van der Waals surface area (Å²) >= 11 is 5.79. The van der Waals surface area contributed by atoms with Crippen molar-refractivity contribution in [3.8, 4) is 22.5 Å². The number of fused-ring (bicyclic) bond motifs is 4. The number of carboxylic acid groups (broad SMARTS) is 1. The van der Waals surface area contributed by atoms with Gasteiger partial charge in [-0.3, -0.25) is 24.5 Å². The van der Waals surface area contributed by atoms with Crippen LogP contribution in [-0.4, -0.2) is 103 Å². The minimum Gasteiger partial charge on any atom is -0.478 e.